The third-order valence-corrected chi connectivity index (χ3v) is 8.39. The maximum absolute atomic E-state index is 13.4. The Balaban J connectivity index is 1.30. The van der Waals surface area contributed by atoms with Crippen LogP contribution in [-0.2, 0) is 0 Å². The van der Waals surface area contributed by atoms with Crippen molar-refractivity contribution < 1.29 is 41.2 Å². The van der Waals surface area contributed by atoms with Crippen molar-refractivity contribution in [2.24, 2.45) is 0 Å². The van der Waals surface area contributed by atoms with Gasteiger partial charge in [-0.25, -0.2) is 29.9 Å². The molecule has 7 rings (SSSR count). The molecule has 2 amide bonds. The molecule has 2 atom stereocenters. The normalized spacial score (nSPS) is 16.8. The summed E-state index contributed by atoms with van der Waals surface area (Å²) in [5.74, 6) is 0.353. The Hall–Kier alpha value is -5.49. The summed E-state index contributed by atoms with van der Waals surface area (Å²) in [5, 5.41) is 15.6. The van der Waals surface area contributed by atoms with Gasteiger partial charge in [-0.05, 0) is 13.8 Å². The Labute approximate surface area is 275 Å². The van der Waals surface area contributed by atoms with Gasteiger partial charge in [-0.2, -0.15) is 11.8 Å². The molecule has 0 spiro atoms. The van der Waals surface area contributed by atoms with E-state index in [4.69, 9.17) is 26.5 Å². The number of oxazole rings is 6. The summed E-state index contributed by atoms with van der Waals surface area (Å²) in [5.41, 5.74) is 0.792. The number of amides is 2. The molecule has 6 aromatic heterocycles. The molecule has 3 N–H and O–H groups in total. The quantitative estimate of drug-likeness (QED) is 0.231. The van der Waals surface area contributed by atoms with Crippen molar-refractivity contribution in [2.75, 3.05) is 12.4 Å². The minimum atomic E-state index is -1.05. The van der Waals surface area contributed by atoms with E-state index in [1.807, 2.05) is 0 Å². The number of aliphatic hydroxyl groups excluding tert-OH is 1. The Morgan fingerprint density at radius 2 is 1.21 bits per heavy atom. The lowest BCUT2D eigenvalue weighted by atomic mass is 10.3. The van der Waals surface area contributed by atoms with Gasteiger partial charge in [0.25, 0.3) is 11.8 Å². The van der Waals surface area contributed by atoms with Crippen molar-refractivity contribution in [2.45, 2.75) is 51.4 Å². The van der Waals surface area contributed by atoms with Crippen LogP contribution in [0.4, 0.5) is 0 Å². The third kappa shape index (κ3) is 6.02. The lowest BCUT2D eigenvalue weighted by Gasteiger charge is -2.21. The van der Waals surface area contributed by atoms with E-state index in [0.29, 0.717) is 23.0 Å². The van der Waals surface area contributed by atoms with Gasteiger partial charge >= 0.3 is 0 Å². The second-order valence-electron chi connectivity index (χ2n) is 11.7. The van der Waals surface area contributed by atoms with Gasteiger partial charge in [-0.15, -0.1) is 0 Å². The second-order valence-corrected chi connectivity index (χ2v) is 13.6. The molecule has 0 unspecified atom stereocenters. The number of hydrogen-bond acceptors (Lipinski definition) is 16. The van der Waals surface area contributed by atoms with Gasteiger partial charge in [0.15, 0.2) is 34.2 Å². The predicted molar refractivity (Wildman–Crippen MR) is 164 cm³/mol. The zero-order chi connectivity index (χ0) is 33.7. The lowest BCUT2D eigenvalue weighted by molar-refractivity contribution is 0.0898. The number of rotatable bonds is 3. The lowest BCUT2D eigenvalue weighted by Crippen LogP contribution is -2.31. The number of carbonyl (C=O) groups excluding carboxylic acids is 2. The molecule has 1 aliphatic rings. The number of nitrogens with one attached hydrogen (secondary N) is 2. The maximum Gasteiger partial charge on any atom is 0.273 e. The molecule has 7 heterocycles. The zero-order valence-electron chi connectivity index (χ0n) is 26.2. The topological polar surface area (TPSA) is 235 Å². The largest absolute Gasteiger partial charge is 0.446 e. The average molecular weight is 677 g/mol. The molecule has 0 aromatic carbocycles. The molecule has 0 saturated carbocycles. The summed E-state index contributed by atoms with van der Waals surface area (Å²) in [6.45, 7) is 8.98. The van der Waals surface area contributed by atoms with E-state index >= 15 is 0 Å². The van der Waals surface area contributed by atoms with Gasteiger partial charge in [0.05, 0.1) is 6.61 Å². The molecule has 17 nitrogen and oxygen atoms in total. The molecule has 48 heavy (non-hydrogen) atoms. The highest BCUT2D eigenvalue weighted by Gasteiger charge is 2.30. The highest BCUT2D eigenvalue weighted by atomic mass is 32.2. The molecule has 0 fully saturated rings. The maximum atomic E-state index is 13.4. The molecule has 12 bridgehead atoms. The van der Waals surface area contributed by atoms with Crippen molar-refractivity contribution in [3.05, 3.63) is 59.7 Å². The van der Waals surface area contributed by atoms with E-state index in [9.17, 15) is 14.7 Å². The van der Waals surface area contributed by atoms with Crippen LogP contribution in [0.15, 0.2) is 51.6 Å². The second kappa shape index (κ2) is 11.9. The monoisotopic (exact) mass is 676 g/mol. The molecule has 0 aliphatic carbocycles. The summed E-state index contributed by atoms with van der Waals surface area (Å²) >= 11 is 1.60. The van der Waals surface area contributed by atoms with Crippen LogP contribution in [-0.4, -0.2) is 63.9 Å². The number of thioether (sulfide) groups is 1. The van der Waals surface area contributed by atoms with Crippen LogP contribution in [0.5, 0.6) is 0 Å². The van der Waals surface area contributed by atoms with Gasteiger partial charge in [-0.1, -0.05) is 20.8 Å². The molecule has 1 aliphatic heterocycles. The molecule has 18 heteroatoms. The number of fused-ring (bicyclic) bond motifs is 16. The molecule has 0 saturated heterocycles. The first-order valence-electron chi connectivity index (χ1n) is 14.6. The van der Waals surface area contributed by atoms with Gasteiger partial charge in [0, 0.05) is 10.5 Å². The number of aromatic nitrogens is 6. The summed E-state index contributed by atoms with van der Waals surface area (Å²) in [4.78, 5) is 52.9. The summed E-state index contributed by atoms with van der Waals surface area (Å²) in [7, 11) is 0. The standard InChI is InChI=1S/C30H28N8O9S/c1-12-20-28-34-16(8-45-28)22(40)31-14(6-39)24-35-18(9-43-24)26-36-17(10-44-26)25-33-15(7-42-25)23(41)32-19(11-48-30(3,4)5)27-37-21(13(2)46-27)29(38-20)47-12/h7-10,14,19,39H,6,11H2,1-5H3,(H,31,40)(H,32,41)/t14-,19+/m0/s1. The van der Waals surface area contributed by atoms with Gasteiger partial charge in [0.2, 0.25) is 35.3 Å². The molecule has 6 aromatic rings. The van der Waals surface area contributed by atoms with E-state index in [0.717, 1.165) is 6.26 Å². The van der Waals surface area contributed by atoms with E-state index in [2.05, 4.69) is 61.3 Å². The number of nitrogens with zero attached hydrogens (tertiary/aromatic N) is 6. The SMILES string of the molecule is Cc1oc2nc1-c1nc(co1)C(=O)N[C@@H](CO)c1nc(co1)-c1nc(co1)-c1nc(co1)C(=O)N[C@H](CSC(C)(C)C)c1nc-2c(C)o1. The van der Waals surface area contributed by atoms with Crippen molar-refractivity contribution in [3.63, 3.8) is 0 Å². The summed E-state index contributed by atoms with van der Waals surface area (Å²) < 4.78 is 34.0. The minimum Gasteiger partial charge on any atom is -0.446 e. The third-order valence-electron chi connectivity index (χ3n) is 7.03. The van der Waals surface area contributed by atoms with Crippen LogP contribution >= 0.6 is 11.8 Å². The average Bonchev–Trinajstić information content (AvgIpc) is 3.88. The molecular weight excluding hydrogens is 648 g/mol. The number of aliphatic hydroxyl groups is 1. The van der Waals surface area contributed by atoms with E-state index in [1.54, 1.807) is 25.6 Å². The number of hydrogen-bond donors (Lipinski definition) is 3. The van der Waals surface area contributed by atoms with Crippen LogP contribution < -0.4 is 10.6 Å². The van der Waals surface area contributed by atoms with Gasteiger partial charge < -0.3 is 42.2 Å². The van der Waals surface area contributed by atoms with Gasteiger partial charge in [-0.3, -0.25) is 9.59 Å². The Morgan fingerprint density at radius 1 is 0.667 bits per heavy atom. The predicted octanol–water partition coefficient (Wildman–Crippen LogP) is 4.68. The van der Waals surface area contributed by atoms with Crippen LogP contribution in [0, 0.1) is 13.8 Å². The van der Waals surface area contributed by atoms with Crippen LogP contribution in [0.2, 0.25) is 0 Å². The molecule has 248 valence electrons. The van der Waals surface area contributed by atoms with Crippen LogP contribution in [0.25, 0.3) is 46.3 Å². The highest BCUT2D eigenvalue weighted by molar-refractivity contribution is 8.00. The van der Waals surface area contributed by atoms with Crippen LogP contribution in [0.1, 0.15) is 77.1 Å². The van der Waals surface area contributed by atoms with Crippen molar-refractivity contribution in [1.82, 2.24) is 40.5 Å². The number of carbonyl (C=O) groups is 2. The Kier molecular flexibility index (Phi) is 7.75. The fraction of sp³-hybridized carbons (Fsp3) is 0.333. The van der Waals surface area contributed by atoms with Crippen molar-refractivity contribution in [1.29, 1.82) is 0 Å². The summed E-state index contributed by atoms with van der Waals surface area (Å²) in [6.07, 6.45) is 4.88. The molecular formula is C30H28N8O9S. The van der Waals surface area contributed by atoms with E-state index in [-0.39, 0.29) is 68.6 Å². The minimum absolute atomic E-state index is 0.0122. The first kappa shape index (κ1) is 31.1. The Bertz CT molecular complexity index is 2130. The first-order chi connectivity index (χ1) is 23.0. The fourth-order valence-electron chi connectivity index (χ4n) is 4.64. The fourth-order valence-corrected chi connectivity index (χ4v) is 5.53. The van der Waals surface area contributed by atoms with E-state index in [1.165, 1.54) is 18.8 Å². The summed E-state index contributed by atoms with van der Waals surface area (Å²) in [6, 6.07) is -1.72. The first-order valence-corrected chi connectivity index (χ1v) is 15.6. The van der Waals surface area contributed by atoms with Crippen molar-refractivity contribution in [3.8, 4) is 46.3 Å². The molecule has 0 radical (unpaired) electrons. The van der Waals surface area contributed by atoms with Crippen molar-refractivity contribution >= 4 is 23.6 Å². The van der Waals surface area contributed by atoms with Gasteiger partial charge in [0.1, 0.15) is 48.7 Å². The smallest absolute Gasteiger partial charge is 0.273 e. The van der Waals surface area contributed by atoms with E-state index < -0.39 is 30.5 Å². The number of aryl methyl sites for hydroxylation is 2. The highest BCUT2D eigenvalue weighted by Crippen LogP contribution is 2.34. The van der Waals surface area contributed by atoms with Crippen LogP contribution in [0.3, 0.4) is 0 Å². The Morgan fingerprint density at radius 3 is 1.90 bits per heavy atom. The zero-order valence-corrected chi connectivity index (χ0v) is 27.0.